The Kier molecular flexibility index (Phi) is 4.50. The van der Waals surface area contributed by atoms with E-state index < -0.39 is 0 Å². The summed E-state index contributed by atoms with van der Waals surface area (Å²) in [4.78, 5) is 0. The summed E-state index contributed by atoms with van der Waals surface area (Å²) < 4.78 is 7.69. The lowest BCUT2D eigenvalue weighted by Gasteiger charge is -2.13. The number of hydrogen-bond donors (Lipinski definition) is 1. The average molecular weight is 258 g/mol. The fraction of sp³-hybridized carbons (Fsp3) is 0.375. The van der Waals surface area contributed by atoms with Crippen LogP contribution in [0.25, 0.3) is 0 Å². The Morgan fingerprint density at radius 3 is 2.21 bits per heavy atom. The van der Waals surface area contributed by atoms with Crippen molar-refractivity contribution < 1.29 is 4.74 Å². The first-order valence-electron chi connectivity index (χ1n) is 6.81. The van der Waals surface area contributed by atoms with Gasteiger partial charge in [-0.25, -0.2) is 0 Å². The standard InChI is InChI=1S/C16H22N2O/c1-4-11-19-16-9-7-15(8-10-16)12-17-18-13(2)5-6-14(18)3/h5-10,17H,4,11-12H2,1-3H3. The largest absolute Gasteiger partial charge is 0.494 e. The number of hydrogen-bond acceptors (Lipinski definition) is 2. The number of ether oxygens (including phenoxy) is 1. The lowest BCUT2D eigenvalue weighted by molar-refractivity contribution is 0.317. The highest BCUT2D eigenvalue weighted by Gasteiger charge is 2.00. The molecule has 0 fully saturated rings. The smallest absolute Gasteiger partial charge is 0.119 e. The summed E-state index contributed by atoms with van der Waals surface area (Å²) in [5, 5.41) is 0. The van der Waals surface area contributed by atoms with Crippen LogP contribution in [0, 0.1) is 13.8 Å². The first-order chi connectivity index (χ1) is 9.20. The maximum absolute atomic E-state index is 5.57. The molecular formula is C16H22N2O. The van der Waals surface area contributed by atoms with Gasteiger partial charge in [-0.15, -0.1) is 0 Å². The first kappa shape index (κ1) is 13.5. The fourth-order valence-corrected chi connectivity index (χ4v) is 2.01. The van der Waals surface area contributed by atoms with Crippen LogP contribution in [0.2, 0.25) is 0 Å². The Labute approximate surface area is 115 Å². The molecule has 1 aromatic heterocycles. The molecule has 1 N–H and O–H groups in total. The molecule has 0 amide bonds. The third-order valence-corrected chi connectivity index (χ3v) is 3.11. The van der Waals surface area contributed by atoms with E-state index in [1.165, 1.54) is 17.0 Å². The Hall–Kier alpha value is -1.90. The lowest BCUT2D eigenvalue weighted by atomic mass is 10.2. The van der Waals surface area contributed by atoms with Crippen molar-refractivity contribution in [3.05, 3.63) is 53.3 Å². The number of aryl methyl sites for hydroxylation is 2. The van der Waals surface area contributed by atoms with Crippen LogP contribution in [0.15, 0.2) is 36.4 Å². The van der Waals surface area contributed by atoms with Gasteiger partial charge in [-0.3, -0.25) is 4.68 Å². The van der Waals surface area contributed by atoms with Gasteiger partial charge in [0.05, 0.1) is 13.2 Å². The second-order valence-corrected chi connectivity index (χ2v) is 4.78. The van der Waals surface area contributed by atoms with E-state index in [4.69, 9.17) is 4.74 Å². The second kappa shape index (κ2) is 6.32. The summed E-state index contributed by atoms with van der Waals surface area (Å²) in [6, 6.07) is 12.5. The first-order valence-corrected chi connectivity index (χ1v) is 6.81. The minimum atomic E-state index is 0.777. The summed E-state index contributed by atoms with van der Waals surface area (Å²) in [5.74, 6) is 0.943. The second-order valence-electron chi connectivity index (χ2n) is 4.78. The van der Waals surface area contributed by atoms with Gasteiger partial charge in [-0.05, 0) is 50.1 Å². The van der Waals surface area contributed by atoms with Crippen LogP contribution in [-0.2, 0) is 6.54 Å². The van der Waals surface area contributed by atoms with E-state index in [2.05, 4.69) is 55.1 Å². The third kappa shape index (κ3) is 3.53. The number of aromatic nitrogens is 1. The molecule has 2 aromatic rings. The predicted molar refractivity (Wildman–Crippen MR) is 79.2 cm³/mol. The van der Waals surface area contributed by atoms with Crippen molar-refractivity contribution >= 4 is 0 Å². The summed E-state index contributed by atoms with van der Waals surface area (Å²) >= 11 is 0. The normalized spacial score (nSPS) is 10.5. The van der Waals surface area contributed by atoms with Crippen LogP contribution < -0.4 is 10.2 Å². The maximum Gasteiger partial charge on any atom is 0.119 e. The summed E-state index contributed by atoms with van der Waals surface area (Å²) in [6.07, 6.45) is 1.04. The molecule has 0 aliphatic rings. The Morgan fingerprint density at radius 2 is 1.63 bits per heavy atom. The minimum Gasteiger partial charge on any atom is -0.494 e. The maximum atomic E-state index is 5.57. The van der Waals surface area contributed by atoms with Crippen LogP contribution in [0.4, 0.5) is 0 Å². The average Bonchev–Trinajstić information content (AvgIpc) is 2.75. The van der Waals surface area contributed by atoms with Gasteiger partial charge in [0, 0.05) is 11.4 Å². The highest BCUT2D eigenvalue weighted by molar-refractivity contribution is 5.28. The van der Waals surface area contributed by atoms with Crippen molar-refractivity contribution in [2.75, 3.05) is 12.0 Å². The zero-order chi connectivity index (χ0) is 13.7. The Bertz CT molecular complexity index is 495. The molecule has 0 bridgehead atoms. The van der Waals surface area contributed by atoms with Crippen molar-refractivity contribution in [3.63, 3.8) is 0 Å². The molecule has 3 heteroatoms. The molecule has 0 saturated heterocycles. The van der Waals surface area contributed by atoms with E-state index in [0.29, 0.717) is 0 Å². The van der Waals surface area contributed by atoms with Crippen LogP contribution >= 0.6 is 0 Å². The zero-order valence-corrected chi connectivity index (χ0v) is 11.9. The molecule has 0 aliphatic heterocycles. The van der Waals surface area contributed by atoms with Crippen LogP contribution in [0.1, 0.15) is 30.3 Å². The number of nitrogens with zero attached hydrogens (tertiary/aromatic N) is 1. The molecule has 1 aromatic carbocycles. The van der Waals surface area contributed by atoms with Crippen LogP contribution in [0.5, 0.6) is 5.75 Å². The van der Waals surface area contributed by atoms with Gasteiger partial charge in [0.1, 0.15) is 5.75 Å². The summed E-state index contributed by atoms with van der Waals surface area (Å²) in [6.45, 7) is 7.90. The molecule has 0 saturated carbocycles. The van der Waals surface area contributed by atoms with E-state index in [1.807, 2.05) is 12.1 Å². The third-order valence-electron chi connectivity index (χ3n) is 3.11. The topological polar surface area (TPSA) is 26.2 Å². The molecule has 1 heterocycles. The molecule has 0 radical (unpaired) electrons. The summed E-state index contributed by atoms with van der Waals surface area (Å²) in [7, 11) is 0. The fourth-order valence-electron chi connectivity index (χ4n) is 2.01. The monoisotopic (exact) mass is 258 g/mol. The molecule has 0 unspecified atom stereocenters. The molecule has 3 nitrogen and oxygen atoms in total. The van der Waals surface area contributed by atoms with Crippen LogP contribution in [0.3, 0.4) is 0 Å². The minimum absolute atomic E-state index is 0.777. The molecule has 0 spiro atoms. The lowest BCUT2D eigenvalue weighted by Crippen LogP contribution is -2.16. The van der Waals surface area contributed by atoms with Crippen molar-refractivity contribution in [3.8, 4) is 5.75 Å². The van der Waals surface area contributed by atoms with Gasteiger partial charge in [0.2, 0.25) is 0 Å². The number of rotatable bonds is 6. The van der Waals surface area contributed by atoms with Gasteiger partial charge in [-0.1, -0.05) is 19.1 Å². The molecule has 102 valence electrons. The van der Waals surface area contributed by atoms with E-state index in [-0.39, 0.29) is 0 Å². The van der Waals surface area contributed by atoms with E-state index in [9.17, 15) is 0 Å². The van der Waals surface area contributed by atoms with Gasteiger partial charge in [0.25, 0.3) is 0 Å². The van der Waals surface area contributed by atoms with Crippen molar-refractivity contribution in [2.45, 2.75) is 33.7 Å². The van der Waals surface area contributed by atoms with Crippen molar-refractivity contribution in [2.24, 2.45) is 0 Å². The Balaban J connectivity index is 1.93. The molecular weight excluding hydrogens is 236 g/mol. The number of nitrogens with one attached hydrogen (secondary N) is 1. The van der Waals surface area contributed by atoms with Crippen molar-refractivity contribution in [1.82, 2.24) is 4.68 Å². The molecule has 0 atom stereocenters. The Morgan fingerprint density at radius 1 is 1.00 bits per heavy atom. The SMILES string of the molecule is CCCOc1ccc(CNn2c(C)ccc2C)cc1. The highest BCUT2D eigenvalue weighted by Crippen LogP contribution is 2.13. The van der Waals surface area contributed by atoms with Gasteiger partial charge in [0.15, 0.2) is 0 Å². The van der Waals surface area contributed by atoms with Crippen LogP contribution in [-0.4, -0.2) is 11.3 Å². The summed E-state index contributed by atoms with van der Waals surface area (Å²) in [5.41, 5.74) is 7.11. The molecule has 2 rings (SSSR count). The van der Waals surface area contributed by atoms with Gasteiger partial charge >= 0.3 is 0 Å². The van der Waals surface area contributed by atoms with E-state index in [0.717, 1.165) is 25.3 Å². The predicted octanol–water partition coefficient (Wildman–Crippen LogP) is 3.64. The molecule has 19 heavy (non-hydrogen) atoms. The quantitative estimate of drug-likeness (QED) is 0.856. The van der Waals surface area contributed by atoms with E-state index >= 15 is 0 Å². The van der Waals surface area contributed by atoms with Gasteiger partial charge in [-0.2, -0.15) is 0 Å². The van der Waals surface area contributed by atoms with E-state index in [1.54, 1.807) is 0 Å². The number of benzene rings is 1. The zero-order valence-electron chi connectivity index (χ0n) is 11.9. The van der Waals surface area contributed by atoms with Gasteiger partial charge < -0.3 is 10.2 Å². The van der Waals surface area contributed by atoms with Crippen molar-refractivity contribution in [1.29, 1.82) is 0 Å². The molecule has 0 aliphatic carbocycles. The highest BCUT2D eigenvalue weighted by atomic mass is 16.5.